The first kappa shape index (κ1) is 24.9. The Kier molecular flexibility index (Phi) is 8.01. The van der Waals surface area contributed by atoms with Gasteiger partial charge in [0.1, 0.15) is 0 Å². The molecule has 2 aromatic carbocycles. The van der Waals surface area contributed by atoms with Gasteiger partial charge in [-0.25, -0.2) is 0 Å². The zero-order valence-electron chi connectivity index (χ0n) is 16.5. The number of aryl methyl sites for hydroxylation is 2. The third-order valence-electron chi connectivity index (χ3n) is 4.32. The second-order valence-electron chi connectivity index (χ2n) is 6.87. The Morgan fingerprint density at radius 2 is 1.09 bits per heavy atom. The number of nitrogens with one attached hydrogen (secondary N) is 3. The second-order valence-corrected chi connectivity index (χ2v) is 6.87. The molecular formula is C21H19F6N3O2. The lowest BCUT2D eigenvalue weighted by molar-refractivity contribution is -0.138. The normalized spacial score (nSPS) is 11.7. The van der Waals surface area contributed by atoms with Gasteiger partial charge in [-0.15, -0.1) is 0 Å². The van der Waals surface area contributed by atoms with Crippen LogP contribution in [0, 0.1) is 5.41 Å². The third-order valence-corrected chi connectivity index (χ3v) is 4.32. The SMILES string of the molecule is N=C(NC(=O)CCc1cccc(C(F)(F)F)c1)NC(=O)CCc1cccc(C(F)(F)F)c1. The second kappa shape index (κ2) is 10.3. The molecule has 0 fully saturated rings. The van der Waals surface area contributed by atoms with Crippen molar-refractivity contribution in [1.29, 1.82) is 5.41 Å². The van der Waals surface area contributed by atoms with Crippen LogP contribution in [0.15, 0.2) is 48.5 Å². The van der Waals surface area contributed by atoms with Crippen molar-refractivity contribution < 1.29 is 35.9 Å². The van der Waals surface area contributed by atoms with Crippen molar-refractivity contribution in [3.63, 3.8) is 0 Å². The van der Waals surface area contributed by atoms with Gasteiger partial charge in [-0.3, -0.25) is 25.6 Å². The molecule has 2 rings (SSSR count). The van der Waals surface area contributed by atoms with E-state index in [0.717, 1.165) is 24.3 Å². The lowest BCUT2D eigenvalue weighted by Gasteiger charge is -2.11. The fourth-order valence-electron chi connectivity index (χ4n) is 2.76. The van der Waals surface area contributed by atoms with E-state index < -0.39 is 41.3 Å². The number of alkyl halides is 6. The molecule has 11 heteroatoms. The van der Waals surface area contributed by atoms with Crippen molar-refractivity contribution in [2.75, 3.05) is 0 Å². The summed E-state index contributed by atoms with van der Waals surface area (Å²) >= 11 is 0. The molecule has 3 N–H and O–H groups in total. The standard InChI is InChI=1S/C21H19F6N3O2/c22-20(23,24)15-5-1-3-13(11-15)7-9-17(31)29-19(28)30-18(32)10-8-14-4-2-6-16(12-14)21(25,26)27/h1-6,11-12H,7-10H2,(H3,28,29,30,31,32). The third kappa shape index (κ3) is 8.05. The molecule has 0 spiro atoms. The van der Waals surface area contributed by atoms with Crippen LogP contribution in [0.25, 0.3) is 0 Å². The van der Waals surface area contributed by atoms with Crippen LogP contribution in [0.4, 0.5) is 26.3 Å². The molecule has 32 heavy (non-hydrogen) atoms. The number of hydrogen-bond donors (Lipinski definition) is 3. The van der Waals surface area contributed by atoms with Crippen molar-refractivity contribution in [1.82, 2.24) is 10.6 Å². The molecule has 0 saturated heterocycles. The first-order chi connectivity index (χ1) is 14.8. The van der Waals surface area contributed by atoms with Crippen molar-refractivity contribution in [3.05, 3.63) is 70.8 Å². The van der Waals surface area contributed by atoms with Gasteiger partial charge in [-0.2, -0.15) is 26.3 Å². The minimum absolute atomic E-state index is 0.00742. The topological polar surface area (TPSA) is 82.1 Å². The molecule has 0 aliphatic heterocycles. The zero-order valence-corrected chi connectivity index (χ0v) is 16.5. The summed E-state index contributed by atoms with van der Waals surface area (Å²) in [6.07, 6.45) is -9.45. The van der Waals surface area contributed by atoms with Crippen molar-refractivity contribution in [2.45, 2.75) is 38.0 Å². The molecule has 0 aliphatic carbocycles. The molecule has 172 valence electrons. The number of benzene rings is 2. The number of carbonyl (C=O) groups excluding carboxylic acids is 2. The van der Waals surface area contributed by atoms with Gasteiger partial charge in [0.05, 0.1) is 11.1 Å². The molecule has 0 unspecified atom stereocenters. The maximum Gasteiger partial charge on any atom is 0.416 e. The van der Waals surface area contributed by atoms with Crippen LogP contribution in [0.5, 0.6) is 0 Å². The average molecular weight is 459 g/mol. The minimum Gasteiger partial charge on any atom is -0.297 e. The molecule has 0 radical (unpaired) electrons. The summed E-state index contributed by atoms with van der Waals surface area (Å²) in [7, 11) is 0. The van der Waals surface area contributed by atoms with Gasteiger partial charge in [0.25, 0.3) is 0 Å². The number of amides is 2. The highest BCUT2D eigenvalue weighted by Gasteiger charge is 2.31. The summed E-state index contributed by atoms with van der Waals surface area (Å²) in [6.45, 7) is 0. The maximum atomic E-state index is 12.7. The highest BCUT2D eigenvalue weighted by Crippen LogP contribution is 2.30. The highest BCUT2D eigenvalue weighted by atomic mass is 19.4. The number of guanidine groups is 1. The summed E-state index contributed by atoms with van der Waals surface area (Å²) in [6, 6.07) is 8.99. The van der Waals surface area contributed by atoms with E-state index in [4.69, 9.17) is 5.41 Å². The van der Waals surface area contributed by atoms with Crippen LogP contribution < -0.4 is 10.6 Å². The predicted octanol–water partition coefficient (Wildman–Crippen LogP) is 4.46. The van der Waals surface area contributed by atoms with Gasteiger partial charge in [-0.05, 0) is 36.1 Å². The predicted molar refractivity (Wildman–Crippen MR) is 104 cm³/mol. The van der Waals surface area contributed by atoms with E-state index in [1.54, 1.807) is 0 Å². The molecule has 2 amide bonds. The van der Waals surface area contributed by atoms with Gasteiger partial charge in [0.2, 0.25) is 17.8 Å². The number of carbonyl (C=O) groups is 2. The number of hydrogen-bond acceptors (Lipinski definition) is 3. The van der Waals surface area contributed by atoms with Gasteiger partial charge < -0.3 is 0 Å². The zero-order chi connectivity index (χ0) is 23.9. The molecule has 0 atom stereocenters. The largest absolute Gasteiger partial charge is 0.416 e. The Bertz CT molecular complexity index is 908. The molecule has 5 nitrogen and oxygen atoms in total. The van der Waals surface area contributed by atoms with Crippen LogP contribution in [0.2, 0.25) is 0 Å². The van der Waals surface area contributed by atoms with E-state index in [1.165, 1.54) is 24.3 Å². The van der Waals surface area contributed by atoms with E-state index in [2.05, 4.69) is 10.6 Å². The lowest BCUT2D eigenvalue weighted by Crippen LogP contribution is -2.43. The van der Waals surface area contributed by atoms with Crippen molar-refractivity contribution in [3.8, 4) is 0 Å². The molecule has 0 saturated carbocycles. The van der Waals surface area contributed by atoms with Crippen LogP contribution >= 0.6 is 0 Å². The first-order valence-corrected chi connectivity index (χ1v) is 9.35. The van der Waals surface area contributed by atoms with E-state index >= 15 is 0 Å². The smallest absolute Gasteiger partial charge is 0.297 e. The van der Waals surface area contributed by atoms with Crippen LogP contribution in [0.3, 0.4) is 0 Å². The fraction of sp³-hybridized carbons (Fsp3) is 0.286. The van der Waals surface area contributed by atoms with Crippen molar-refractivity contribution in [2.24, 2.45) is 0 Å². The van der Waals surface area contributed by atoms with Gasteiger partial charge >= 0.3 is 12.4 Å². The number of halogens is 6. The summed E-state index contributed by atoms with van der Waals surface area (Å²) in [4.78, 5) is 23.7. The summed E-state index contributed by atoms with van der Waals surface area (Å²) in [5.41, 5.74) is -1.11. The molecule has 0 aliphatic rings. The lowest BCUT2D eigenvalue weighted by atomic mass is 10.1. The van der Waals surface area contributed by atoms with Crippen LogP contribution in [-0.2, 0) is 34.8 Å². The van der Waals surface area contributed by atoms with Crippen LogP contribution in [0.1, 0.15) is 35.1 Å². The first-order valence-electron chi connectivity index (χ1n) is 9.35. The van der Waals surface area contributed by atoms with Gasteiger partial charge in [-0.1, -0.05) is 36.4 Å². The summed E-state index contributed by atoms with van der Waals surface area (Å²) in [5.74, 6) is -2.01. The average Bonchev–Trinajstić information content (AvgIpc) is 2.70. The fourth-order valence-corrected chi connectivity index (χ4v) is 2.76. The number of rotatable bonds is 6. The Labute approximate surface area is 179 Å². The quantitative estimate of drug-likeness (QED) is 0.339. The Morgan fingerprint density at radius 3 is 1.44 bits per heavy atom. The van der Waals surface area contributed by atoms with Crippen LogP contribution in [-0.4, -0.2) is 17.8 Å². The molecule has 0 aromatic heterocycles. The highest BCUT2D eigenvalue weighted by molar-refractivity contribution is 6.03. The Balaban J connectivity index is 1.77. The Hall–Kier alpha value is -3.37. The summed E-state index contributed by atoms with van der Waals surface area (Å²) in [5, 5.41) is 11.8. The molecule has 0 heterocycles. The van der Waals surface area contributed by atoms with E-state index in [1.807, 2.05) is 0 Å². The summed E-state index contributed by atoms with van der Waals surface area (Å²) < 4.78 is 76.2. The molecule has 2 aromatic rings. The van der Waals surface area contributed by atoms with E-state index in [0.29, 0.717) is 0 Å². The molecule has 0 bridgehead atoms. The van der Waals surface area contributed by atoms with E-state index in [-0.39, 0.29) is 36.8 Å². The van der Waals surface area contributed by atoms with Gasteiger partial charge in [0.15, 0.2) is 0 Å². The molecular weight excluding hydrogens is 440 g/mol. The Morgan fingerprint density at radius 1 is 0.719 bits per heavy atom. The van der Waals surface area contributed by atoms with Gasteiger partial charge in [0, 0.05) is 12.8 Å². The van der Waals surface area contributed by atoms with Crippen molar-refractivity contribution >= 4 is 17.8 Å². The monoisotopic (exact) mass is 459 g/mol. The van der Waals surface area contributed by atoms with E-state index in [9.17, 15) is 35.9 Å². The minimum atomic E-state index is -4.50. The maximum absolute atomic E-state index is 12.7.